The van der Waals surface area contributed by atoms with Crippen molar-refractivity contribution in [2.75, 3.05) is 0 Å². The number of aliphatic carboxylic acids is 1. The highest BCUT2D eigenvalue weighted by Crippen LogP contribution is 2.05. The molecule has 0 spiro atoms. The lowest BCUT2D eigenvalue weighted by atomic mass is 10.1. The van der Waals surface area contributed by atoms with Crippen LogP contribution in [0.3, 0.4) is 0 Å². The summed E-state index contributed by atoms with van der Waals surface area (Å²) >= 11 is 0. The smallest absolute Gasteiger partial charge is 0.354 e. The van der Waals surface area contributed by atoms with Crippen LogP contribution in [-0.4, -0.2) is 26.8 Å². The zero-order valence-electron chi connectivity index (χ0n) is 6.15. The van der Waals surface area contributed by atoms with Gasteiger partial charge in [-0.15, -0.1) is 0 Å². The minimum absolute atomic E-state index is 0.303. The van der Waals surface area contributed by atoms with Gasteiger partial charge in [-0.25, -0.2) is 9.78 Å². The minimum atomic E-state index is -2.48. The summed E-state index contributed by atoms with van der Waals surface area (Å²) in [6.07, 6.45) is 2.41. The van der Waals surface area contributed by atoms with Crippen molar-refractivity contribution in [3.05, 3.63) is 18.2 Å². The summed E-state index contributed by atoms with van der Waals surface area (Å²) in [4.78, 5) is 16.5. The Morgan fingerprint density at radius 2 is 2.50 bits per heavy atom. The zero-order chi connectivity index (χ0) is 9.19. The standard InChI is InChI=1S/C6H8N3O3/c7-6(12,5(10)11)1-4-2-8-3-9-4/h2-3H,1,7H2,(H,8,9)(H,10,11)/t6-/m1/s1. The maximum absolute atomic E-state index is 11.0. The van der Waals surface area contributed by atoms with E-state index in [1.165, 1.54) is 12.5 Å². The first-order valence-corrected chi connectivity index (χ1v) is 3.22. The quantitative estimate of drug-likeness (QED) is 0.511. The number of nitrogens with zero attached hydrogens (tertiary/aromatic N) is 1. The van der Waals surface area contributed by atoms with Gasteiger partial charge in [0, 0.05) is 18.3 Å². The molecule has 1 atom stereocenters. The molecule has 0 unspecified atom stereocenters. The predicted octanol–water partition coefficient (Wildman–Crippen LogP) is -0.878. The number of hydrogen-bond donors (Lipinski definition) is 3. The number of H-pyrrole nitrogens is 1. The van der Waals surface area contributed by atoms with Crippen molar-refractivity contribution in [3.63, 3.8) is 0 Å². The third-order valence-electron chi connectivity index (χ3n) is 1.37. The lowest BCUT2D eigenvalue weighted by Crippen LogP contribution is -2.48. The Morgan fingerprint density at radius 3 is 2.92 bits per heavy atom. The van der Waals surface area contributed by atoms with E-state index < -0.39 is 11.7 Å². The van der Waals surface area contributed by atoms with Crippen molar-refractivity contribution < 1.29 is 15.0 Å². The van der Waals surface area contributed by atoms with E-state index in [2.05, 4.69) is 9.97 Å². The van der Waals surface area contributed by atoms with Gasteiger partial charge < -0.3 is 10.1 Å². The molecule has 0 fully saturated rings. The van der Waals surface area contributed by atoms with Gasteiger partial charge in [0.05, 0.1) is 6.33 Å². The van der Waals surface area contributed by atoms with E-state index in [9.17, 15) is 9.90 Å². The molecule has 1 aromatic heterocycles. The van der Waals surface area contributed by atoms with Crippen LogP contribution in [-0.2, 0) is 16.3 Å². The van der Waals surface area contributed by atoms with Gasteiger partial charge in [0.2, 0.25) is 0 Å². The lowest BCUT2D eigenvalue weighted by Gasteiger charge is -2.12. The van der Waals surface area contributed by atoms with Crippen LogP contribution in [0.15, 0.2) is 12.5 Å². The predicted molar refractivity (Wildman–Crippen MR) is 37.5 cm³/mol. The fraction of sp³-hybridized carbons (Fsp3) is 0.333. The van der Waals surface area contributed by atoms with Crippen molar-refractivity contribution in [2.24, 2.45) is 5.73 Å². The van der Waals surface area contributed by atoms with Gasteiger partial charge in [-0.05, 0) is 0 Å². The Bertz CT molecular complexity index is 268. The molecule has 0 bridgehead atoms. The first kappa shape index (κ1) is 8.69. The summed E-state index contributed by atoms with van der Waals surface area (Å²) in [6.45, 7) is 0. The Kier molecular flexibility index (Phi) is 2.11. The minimum Gasteiger partial charge on any atom is -0.478 e. The Labute approximate surface area is 68.0 Å². The average Bonchev–Trinajstić information content (AvgIpc) is 2.38. The normalized spacial score (nSPS) is 15.5. The number of carbonyl (C=O) groups is 1. The summed E-state index contributed by atoms with van der Waals surface area (Å²) in [5.74, 6) is -1.57. The highest BCUT2D eigenvalue weighted by molar-refractivity contribution is 5.76. The number of carboxylic acid groups (broad SMARTS) is 1. The van der Waals surface area contributed by atoms with Crippen LogP contribution in [0.1, 0.15) is 5.69 Å². The van der Waals surface area contributed by atoms with Crippen LogP contribution in [0.4, 0.5) is 0 Å². The van der Waals surface area contributed by atoms with Crippen molar-refractivity contribution in [1.82, 2.24) is 9.97 Å². The van der Waals surface area contributed by atoms with Gasteiger partial charge in [0.25, 0.3) is 5.72 Å². The SMILES string of the molecule is N[C@@]([O])(Cc1cnc[nH]1)C(=O)O. The van der Waals surface area contributed by atoms with Crippen molar-refractivity contribution in [2.45, 2.75) is 12.1 Å². The van der Waals surface area contributed by atoms with Crippen LogP contribution in [0.25, 0.3) is 0 Å². The fourth-order valence-electron chi connectivity index (χ4n) is 0.740. The summed E-state index contributed by atoms with van der Waals surface area (Å²) in [5.41, 5.74) is 2.88. The topological polar surface area (TPSA) is 112 Å². The van der Waals surface area contributed by atoms with Gasteiger partial charge in [-0.3, -0.25) is 5.73 Å². The molecule has 1 aromatic rings. The Hall–Kier alpha value is -1.40. The Morgan fingerprint density at radius 1 is 1.83 bits per heavy atom. The average molecular weight is 170 g/mol. The number of nitrogens with two attached hydrogens (primary N) is 1. The van der Waals surface area contributed by atoms with Crippen molar-refractivity contribution >= 4 is 5.97 Å². The van der Waals surface area contributed by atoms with Gasteiger partial charge in [-0.2, -0.15) is 5.11 Å². The molecule has 1 radical (unpaired) electrons. The van der Waals surface area contributed by atoms with Crippen molar-refractivity contribution in [3.8, 4) is 0 Å². The highest BCUT2D eigenvalue weighted by atomic mass is 16.4. The van der Waals surface area contributed by atoms with E-state index in [1.54, 1.807) is 0 Å². The number of nitrogens with one attached hydrogen (secondary N) is 1. The van der Waals surface area contributed by atoms with Gasteiger partial charge in [0.1, 0.15) is 0 Å². The molecule has 0 saturated carbocycles. The molecule has 0 saturated heterocycles. The number of carboxylic acids is 1. The molecule has 6 heteroatoms. The first-order chi connectivity index (χ1) is 5.52. The van der Waals surface area contributed by atoms with Crippen LogP contribution in [0.5, 0.6) is 0 Å². The molecule has 12 heavy (non-hydrogen) atoms. The van der Waals surface area contributed by atoms with E-state index in [4.69, 9.17) is 10.8 Å². The second-order valence-corrected chi connectivity index (χ2v) is 2.45. The third-order valence-corrected chi connectivity index (χ3v) is 1.37. The summed E-state index contributed by atoms with van der Waals surface area (Å²) in [7, 11) is 0. The third kappa shape index (κ3) is 1.80. The summed E-state index contributed by atoms with van der Waals surface area (Å²) < 4.78 is 0. The molecular formula is C6H8N3O3. The molecule has 65 valence electrons. The molecular weight excluding hydrogens is 162 g/mol. The summed E-state index contributed by atoms with van der Waals surface area (Å²) in [5, 5.41) is 19.4. The van der Waals surface area contributed by atoms with E-state index >= 15 is 0 Å². The number of aromatic amines is 1. The van der Waals surface area contributed by atoms with Crippen LogP contribution >= 0.6 is 0 Å². The molecule has 0 amide bonds. The maximum atomic E-state index is 11.0. The first-order valence-electron chi connectivity index (χ1n) is 3.22. The van der Waals surface area contributed by atoms with Gasteiger partial charge >= 0.3 is 5.97 Å². The van der Waals surface area contributed by atoms with E-state index in [1.807, 2.05) is 0 Å². The van der Waals surface area contributed by atoms with Gasteiger partial charge in [-0.1, -0.05) is 0 Å². The highest BCUT2D eigenvalue weighted by Gasteiger charge is 2.33. The number of imidazole rings is 1. The lowest BCUT2D eigenvalue weighted by molar-refractivity contribution is -0.165. The second kappa shape index (κ2) is 2.92. The largest absolute Gasteiger partial charge is 0.478 e. The molecule has 0 aromatic carbocycles. The van der Waals surface area contributed by atoms with Crippen molar-refractivity contribution in [1.29, 1.82) is 0 Å². The number of aromatic nitrogens is 2. The molecule has 0 aliphatic carbocycles. The Balaban J connectivity index is 2.69. The van der Waals surface area contributed by atoms with Gasteiger partial charge in [0.15, 0.2) is 0 Å². The number of rotatable bonds is 3. The molecule has 1 heterocycles. The van der Waals surface area contributed by atoms with E-state index in [0.29, 0.717) is 5.69 Å². The second-order valence-electron chi connectivity index (χ2n) is 2.45. The van der Waals surface area contributed by atoms with Crippen LogP contribution in [0.2, 0.25) is 0 Å². The molecule has 0 aliphatic heterocycles. The van der Waals surface area contributed by atoms with Crippen LogP contribution in [0, 0.1) is 0 Å². The maximum Gasteiger partial charge on any atom is 0.354 e. The monoisotopic (exact) mass is 170 g/mol. The fourth-order valence-corrected chi connectivity index (χ4v) is 0.740. The van der Waals surface area contributed by atoms with Crippen LogP contribution < -0.4 is 5.73 Å². The molecule has 6 nitrogen and oxygen atoms in total. The molecule has 1 rings (SSSR count). The zero-order valence-corrected chi connectivity index (χ0v) is 6.15. The summed E-state index contributed by atoms with van der Waals surface area (Å²) in [6, 6.07) is 0. The molecule has 0 aliphatic rings. The van der Waals surface area contributed by atoms with E-state index in [-0.39, 0.29) is 6.42 Å². The van der Waals surface area contributed by atoms with E-state index in [0.717, 1.165) is 0 Å². The number of hydrogen-bond acceptors (Lipinski definition) is 3. The molecule has 4 N–H and O–H groups in total.